The highest BCUT2D eigenvalue weighted by atomic mass is 32.1. The number of halogens is 1. The van der Waals surface area contributed by atoms with E-state index in [-0.39, 0.29) is 17.7 Å². The standard InChI is InChI=1S/C20H12FN3O4S/c21-10-5-6-11-12(7-10)20(8-15(25)23-18(20)27)19(28)24(17(11)26)9-16-22-13-3-1-2-4-14(13)29-16/h1-7H,8-9H2,(H,23,25,27)/t20-/m0/s1. The molecule has 5 rings (SSSR count). The summed E-state index contributed by atoms with van der Waals surface area (Å²) in [6.07, 6.45) is -0.468. The quantitative estimate of drug-likeness (QED) is 0.515. The number of benzene rings is 2. The number of amides is 4. The van der Waals surface area contributed by atoms with Crippen LogP contribution in [0.4, 0.5) is 4.39 Å². The van der Waals surface area contributed by atoms with Crippen molar-refractivity contribution < 1.29 is 23.6 Å². The average Bonchev–Trinajstić information content (AvgIpc) is 3.24. The van der Waals surface area contributed by atoms with Crippen molar-refractivity contribution in [1.82, 2.24) is 15.2 Å². The smallest absolute Gasteiger partial charge is 0.261 e. The van der Waals surface area contributed by atoms with Gasteiger partial charge in [0.25, 0.3) is 11.8 Å². The van der Waals surface area contributed by atoms with E-state index in [4.69, 9.17) is 0 Å². The highest BCUT2D eigenvalue weighted by molar-refractivity contribution is 7.18. The Balaban J connectivity index is 1.64. The fourth-order valence-corrected chi connectivity index (χ4v) is 4.85. The van der Waals surface area contributed by atoms with E-state index in [0.29, 0.717) is 5.01 Å². The Morgan fingerprint density at radius 2 is 1.93 bits per heavy atom. The summed E-state index contributed by atoms with van der Waals surface area (Å²) in [5.41, 5.74) is -1.26. The molecule has 1 fully saturated rings. The molecule has 1 saturated heterocycles. The minimum Gasteiger partial charge on any atom is -0.295 e. The van der Waals surface area contributed by atoms with Crippen molar-refractivity contribution in [3.05, 3.63) is 64.4 Å². The minimum atomic E-state index is -1.95. The second-order valence-electron chi connectivity index (χ2n) is 6.92. The van der Waals surface area contributed by atoms with E-state index in [9.17, 15) is 23.6 Å². The van der Waals surface area contributed by atoms with E-state index in [1.165, 1.54) is 17.4 Å². The van der Waals surface area contributed by atoms with E-state index < -0.39 is 41.3 Å². The third kappa shape index (κ3) is 2.44. The highest BCUT2D eigenvalue weighted by Gasteiger charge is 2.60. The van der Waals surface area contributed by atoms with Crippen LogP contribution in [-0.2, 0) is 26.3 Å². The zero-order valence-corrected chi connectivity index (χ0v) is 15.6. The minimum absolute atomic E-state index is 0.0250. The summed E-state index contributed by atoms with van der Waals surface area (Å²) in [5, 5.41) is 2.63. The summed E-state index contributed by atoms with van der Waals surface area (Å²) in [4.78, 5) is 56.4. The Hall–Kier alpha value is -3.46. The van der Waals surface area contributed by atoms with Gasteiger partial charge in [0.1, 0.15) is 10.8 Å². The largest absolute Gasteiger partial charge is 0.295 e. The van der Waals surface area contributed by atoms with Crippen LogP contribution < -0.4 is 5.32 Å². The van der Waals surface area contributed by atoms with Crippen LogP contribution in [0.3, 0.4) is 0 Å². The fraction of sp³-hybridized carbons (Fsp3) is 0.150. The van der Waals surface area contributed by atoms with Crippen LogP contribution in [0, 0.1) is 5.82 Å². The molecule has 1 atom stereocenters. The topological polar surface area (TPSA) is 96.4 Å². The highest BCUT2D eigenvalue weighted by Crippen LogP contribution is 2.41. The maximum Gasteiger partial charge on any atom is 0.261 e. The summed E-state index contributed by atoms with van der Waals surface area (Å²) in [6, 6.07) is 10.7. The van der Waals surface area contributed by atoms with Crippen LogP contribution in [-0.4, -0.2) is 33.5 Å². The molecule has 0 radical (unpaired) electrons. The van der Waals surface area contributed by atoms with E-state index in [1.54, 1.807) is 0 Å². The molecule has 1 spiro atoms. The molecule has 7 nitrogen and oxygen atoms in total. The molecule has 0 bridgehead atoms. The molecule has 3 aromatic rings. The van der Waals surface area contributed by atoms with Crippen molar-refractivity contribution in [2.75, 3.05) is 0 Å². The van der Waals surface area contributed by atoms with Gasteiger partial charge in [-0.1, -0.05) is 12.1 Å². The van der Waals surface area contributed by atoms with Crippen LogP contribution in [0.15, 0.2) is 42.5 Å². The lowest BCUT2D eigenvalue weighted by Crippen LogP contribution is -2.57. The van der Waals surface area contributed by atoms with E-state index >= 15 is 0 Å². The molecule has 2 aliphatic heterocycles. The van der Waals surface area contributed by atoms with Crippen molar-refractivity contribution in [2.45, 2.75) is 18.4 Å². The lowest BCUT2D eigenvalue weighted by molar-refractivity contribution is -0.142. The Labute approximate surface area is 167 Å². The Morgan fingerprint density at radius 3 is 2.66 bits per heavy atom. The first kappa shape index (κ1) is 17.6. The number of rotatable bonds is 2. The Morgan fingerprint density at radius 1 is 1.14 bits per heavy atom. The van der Waals surface area contributed by atoms with Gasteiger partial charge in [-0.05, 0) is 35.9 Å². The van der Waals surface area contributed by atoms with Gasteiger partial charge < -0.3 is 0 Å². The van der Waals surface area contributed by atoms with Crippen molar-refractivity contribution in [2.24, 2.45) is 0 Å². The van der Waals surface area contributed by atoms with Gasteiger partial charge in [-0.2, -0.15) is 0 Å². The molecule has 0 unspecified atom stereocenters. The average molecular weight is 409 g/mol. The van der Waals surface area contributed by atoms with Gasteiger partial charge in [-0.25, -0.2) is 9.37 Å². The first-order valence-electron chi connectivity index (χ1n) is 8.75. The summed E-state index contributed by atoms with van der Waals surface area (Å²) in [7, 11) is 0. The zero-order valence-electron chi connectivity index (χ0n) is 14.8. The van der Waals surface area contributed by atoms with Gasteiger partial charge in [0.05, 0.1) is 23.2 Å². The summed E-state index contributed by atoms with van der Waals surface area (Å²) >= 11 is 1.33. The lowest BCUT2D eigenvalue weighted by atomic mass is 9.72. The number of hydrogen-bond acceptors (Lipinski definition) is 6. The van der Waals surface area contributed by atoms with Crippen LogP contribution in [0.25, 0.3) is 10.2 Å². The van der Waals surface area contributed by atoms with Gasteiger partial charge in [-0.3, -0.25) is 29.4 Å². The molecular formula is C20H12FN3O4S. The Bertz CT molecular complexity index is 1220. The molecule has 1 N–H and O–H groups in total. The molecule has 2 aromatic carbocycles. The summed E-state index contributed by atoms with van der Waals surface area (Å²) < 4.78 is 14.8. The molecule has 144 valence electrons. The second-order valence-corrected chi connectivity index (χ2v) is 8.04. The number of carbonyl (C=O) groups excluding carboxylic acids is 4. The van der Waals surface area contributed by atoms with Gasteiger partial charge in [0.15, 0.2) is 5.41 Å². The molecular weight excluding hydrogens is 397 g/mol. The van der Waals surface area contributed by atoms with Crippen molar-refractivity contribution in [3.8, 4) is 0 Å². The van der Waals surface area contributed by atoms with Crippen molar-refractivity contribution >= 4 is 45.2 Å². The molecule has 1 aromatic heterocycles. The van der Waals surface area contributed by atoms with Crippen LogP contribution in [0.2, 0.25) is 0 Å². The molecule has 29 heavy (non-hydrogen) atoms. The number of imide groups is 2. The zero-order chi connectivity index (χ0) is 20.3. The molecule has 4 amide bonds. The monoisotopic (exact) mass is 409 g/mol. The first-order valence-corrected chi connectivity index (χ1v) is 9.57. The third-order valence-electron chi connectivity index (χ3n) is 5.23. The first-order chi connectivity index (χ1) is 13.9. The van der Waals surface area contributed by atoms with Gasteiger partial charge in [-0.15, -0.1) is 11.3 Å². The number of aromatic nitrogens is 1. The molecule has 0 aliphatic carbocycles. The van der Waals surface area contributed by atoms with Gasteiger partial charge >= 0.3 is 0 Å². The predicted octanol–water partition coefficient (Wildman–Crippen LogP) is 1.90. The van der Waals surface area contributed by atoms with Gasteiger partial charge in [0.2, 0.25) is 11.8 Å². The maximum atomic E-state index is 13.9. The fourth-order valence-electron chi connectivity index (χ4n) is 3.89. The number of thiazole rings is 1. The number of hydrogen-bond donors (Lipinski definition) is 1. The third-order valence-corrected chi connectivity index (χ3v) is 6.25. The van der Waals surface area contributed by atoms with Crippen LogP contribution in [0.5, 0.6) is 0 Å². The van der Waals surface area contributed by atoms with Gasteiger partial charge in [0, 0.05) is 5.56 Å². The predicted molar refractivity (Wildman–Crippen MR) is 100 cm³/mol. The molecule has 0 saturated carbocycles. The van der Waals surface area contributed by atoms with E-state index in [1.807, 2.05) is 24.3 Å². The van der Waals surface area contributed by atoms with E-state index in [2.05, 4.69) is 10.3 Å². The lowest BCUT2D eigenvalue weighted by Gasteiger charge is -2.36. The number of fused-ring (bicyclic) bond motifs is 3. The molecule has 2 aliphatic rings. The van der Waals surface area contributed by atoms with E-state index in [0.717, 1.165) is 27.2 Å². The second kappa shape index (κ2) is 6.02. The van der Waals surface area contributed by atoms with Crippen LogP contribution >= 0.6 is 11.3 Å². The van der Waals surface area contributed by atoms with Crippen molar-refractivity contribution in [1.29, 1.82) is 0 Å². The maximum absolute atomic E-state index is 13.9. The SMILES string of the molecule is O=C1C[C@]2(C(=O)N1)C(=O)N(Cc1nc3ccccc3s1)C(=O)c1ccc(F)cc12. The van der Waals surface area contributed by atoms with Crippen molar-refractivity contribution in [3.63, 3.8) is 0 Å². The Kier molecular flexibility index (Phi) is 3.66. The molecule has 9 heteroatoms. The number of nitrogens with zero attached hydrogens (tertiary/aromatic N) is 2. The number of nitrogens with one attached hydrogen (secondary N) is 1. The number of carbonyl (C=O) groups is 4. The van der Waals surface area contributed by atoms with Crippen LogP contribution in [0.1, 0.15) is 27.3 Å². The number of para-hydroxylation sites is 1. The normalized spacial score (nSPS) is 21.2. The summed E-state index contributed by atoms with van der Waals surface area (Å²) in [6.45, 7) is -0.142. The summed E-state index contributed by atoms with van der Waals surface area (Å²) in [5.74, 6) is -3.69. The molecule has 3 heterocycles.